The number of rotatable bonds is 76. The lowest BCUT2D eigenvalue weighted by Gasteiger charge is -2.21. The number of aliphatic hydroxyl groups is 1. The number of hydrogen-bond acceptors (Lipinski definition) is 15. The molecule has 0 bridgehead atoms. The van der Waals surface area contributed by atoms with E-state index in [-0.39, 0.29) is 25.7 Å². The predicted octanol–water partition coefficient (Wildman–Crippen LogP) is 22.2. The van der Waals surface area contributed by atoms with E-state index in [9.17, 15) is 43.2 Å². The molecule has 0 spiro atoms. The van der Waals surface area contributed by atoms with Gasteiger partial charge in [-0.25, -0.2) is 9.13 Å². The first kappa shape index (κ1) is 92.1. The maximum absolute atomic E-state index is 13.1. The number of phosphoric ester groups is 2. The van der Waals surface area contributed by atoms with E-state index in [1.165, 1.54) is 231 Å². The Kier molecular flexibility index (Phi) is 68.1. The van der Waals surface area contributed by atoms with Crippen molar-refractivity contribution < 1.29 is 80.2 Å². The van der Waals surface area contributed by atoms with Crippen molar-refractivity contribution >= 4 is 39.5 Å². The van der Waals surface area contributed by atoms with Crippen molar-refractivity contribution in [3.63, 3.8) is 0 Å². The van der Waals surface area contributed by atoms with Crippen molar-refractivity contribution in [1.29, 1.82) is 0 Å². The third-order valence-electron chi connectivity index (χ3n) is 17.6. The molecule has 17 nitrogen and oxygen atoms in total. The summed E-state index contributed by atoms with van der Waals surface area (Å²) in [5, 5.41) is 10.6. The van der Waals surface area contributed by atoms with Crippen LogP contribution in [0.25, 0.3) is 0 Å². The number of carbonyl (C=O) groups is 4. The van der Waals surface area contributed by atoms with Gasteiger partial charge in [-0.15, -0.1) is 0 Å². The van der Waals surface area contributed by atoms with Crippen LogP contribution in [0.1, 0.15) is 400 Å². The third-order valence-corrected chi connectivity index (χ3v) is 19.5. The summed E-state index contributed by atoms with van der Waals surface area (Å²) in [5.74, 6) is -2.11. The maximum atomic E-state index is 13.1. The smallest absolute Gasteiger partial charge is 0.462 e. The molecular formula is C75H146O17P2. The standard InChI is InChI=1S/C75H146O17P2/c1-5-9-13-17-21-25-29-32-35-38-42-46-50-54-58-62-75(80)92-71(66-86-73(78)60-56-52-48-44-40-36-33-30-26-22-18-14-10-6-2)68-90-94(83,84)88-64-69(76)63-87-93(81,82)89-67-70(65-85-72(77)59-55-51-47-43-39-28-24-20-16-12-8-4)91-74(79)61-57-53-49-45-41-37-34-31-27-23-19-15-11-7-3/h69-71,76H,5-68H2,1-4H3,(H,81,82)(H,83,84)/t69-,70+,71+/m0/s1. The van der Waals surface area contributed by atoms with Gasteiger partial charge in [-0.2, -0.15) is 0 Å². The molecule has 94 heavy (non-hydrogen) atoms. The lowest BCUT2D eigenvalue weighted by atomic mass is 10.0. The molecule has 0 amide bonds. The second kappa shape index (κ2) is 69.5. The second-order valence-electron chi connectivity index (χ2n) is 27.0. The average Bonchev–Trinajstić information content (AvgIpc) is 1.25. The Morgan fingerprint density at radius 2 is 0.426 bits per heavy atom. The van der Waals surface area contributed by atoms with Gasteiger partial charge in [0, 0.05) is 25.7 Å². The topological polar surface area (TPSA) is 237 Å². The van der Waals surface area contributed by atoms with Crippen molar-refractivity contribution in [2.75, 3.05) is 39.6 Å². The Morgan fingerprint density at radius 1 is 0.255 bits per heavy atom. The largest absolute Gasteiger partial charge is 0.472 e. The first-order valence-corrected chi connectivity index (χ1v) is 42.3. The zero-order valence-corrected chi connectivity index (χ0v) is 62.7. The molecule has 558 valence electrons. The number of ether oxygens (including phenoxy) is 4. The summed E-state index contributed by atoms with van der Waals surface area (Å²) >= 11 is 0. The molecule has 0 aromatic heterocycles. The molecule has 0 radical (unpaired) electrons. The number of hydrogen-bond donors (Lipinski definition) is 3. The molecule has 0 aliphatic heterocycles. The van der Waals surface area contributed by atoms with E-state index in [0.717, 1.165) is 89.9 Å². The van der Waals surface area contributed by atoms with Crippen LogP contribution in [-0.2, 0) is 65.4 Å². The summed E-state index contributed by atoms with van der Waals surface area (Å²) in [7, 11) is -9.91. The molecule has 0 heterocycles. The van der Waals surface area contributed by atoms with Crippen molar-refractivity contribution in [2.45, 2.75) is 418 Å². The van der Waals surface area contributed by atoms with Crippen LogP contribution in [0.5, 0.6) is 0 Å². The molecule has 0 aromatic rings. The number of aliphatic hydroxyl groups excluding tert-OH is 1. The van der Waals surface area contributed by atoms with Gasteiger partial charge in [0.15, 0.2) is 12.2 Å². The fourth-order valence-corrected chi connectivity index (χ4v) is 13.2. The van der Waals surface area contributed by atoms with Gasteiger partial charge in [0.1, 0.15) is 19.3 Å². The van der Waals surface area contributed by atoms with E-state index in [1.54, 1.807) is 0 Å². The number of unbranched alkanes of at least 4 members (excludes halogenated alkanes) is 50. The fourth-order valence-electron chi connectivity index (χ4n) is 11.6. The highest BCUT2D eigenvalue weighted by Crippen LogP contribution is 2.45. The van der Waals surface area contributed by atoms with Gasteiger partial charge in [0.2, 0.25) is 0 Å². The molecule has 0 saturated carbocycles. The monoisotopic (exact) mass is 1380 g/mol. The van der Waals surface area contributed by atoms with Gasteiger partial charge in [-0.3, -0.25) is 37.3 Å². The van der Waals surface area contributed by atoms with Crippen LogP contribution in [0, 0.1) is 0 Å². The third kappa shape index (κ3) is 68.6. The highest BCUT2D eigenvalue weighted by atomic mass is 31.2. The van der Waals surface area contributed by atoms with Crippen LogP contribution in [0.15, 0.2) is 0 Å². The first-order valence-electron chi connectivity index (χ1n) is 39.3. The van der Waals surface area contributed by atoms with Crippen LogP contribution in [0.3, 0.4) is 0 Å². The summed E-state index contributed by atoms with van der Waals surface area (Å²) in [6.07, 6.45) is 59.4. The summed E-state index contributed by atoms with van der Waals surface area (Å²) in [5.41, 5.74) is 0. The molecule has 2 unspecified atom stereocenters. The van der Waals surface area contributed by atoms with Crippen molar-refractivity contribution in [3.8, 4) is 0 Å². The van der Waals surface area contributed by atoms with E-state index >= 15 is 0 Å². The quantitative estimate of drug-likeness (QED) is 0.0222. The summed E-state index contributed by atoms with van der Waals surface area (Å²) in [4.78, 5) is 72.8. The van der Waals surface area contributed by atoms with Crippen LogP contribution in [0.4, 0.5) is 0 Å². The minimum atomic E-state index is -4.95. The number of carbonyl (C=O) groups excluding carboxylic acids is 4. The summed E-state index contributed by atoms with van der Waals surface area (Å²) in [6.45, 7) is 4.99. The highest BCUT2D eigenvalue weighted by Gasteiger charge is 2.30. The summed E-state index contributed by atoms with van der Waals surface area (Å²) in [6, 6.07) is 0. The second-order valence-corrected chi connectivity index (χ2v) is 29.9. The zero-order chi connectivity index (χ0) is 69.0. The molecule has 3 N–H and O–H groups in total. The number of esters is 4. The van der Waals surface area contributed by atoms with Crippen LogP contribution < -0.4 is 0 Å². The van der Waals surface area contributed by atoms with Gasteiger partial charge in [-0.05, 0) is 25.7 Å². The lowest BCUT2D eigenvalue weighted by molar-refractivity contribution is -0.161. The van der Waals surface area contributed by atoms with Crippen LogP contribution >= 0.6 is 15.6 Å². The Morgan fingerprint density at radius 3 is 0.628 bits per heavy atom. The zero-order valence-electron chi connectivity index (χ0n) is 60.9. The van der Waals surface area contributed by atoms with Gasteiger partial charge in [0.25, 0.3) is 0 Å². The molecule has 0 saturated heterocycles. The molecule has 0 fully saturated rings. The Hall–Kier alpha value is -1.94. The minimum Gasteiger partial charge on any atom is -0.462 e. The normalized spacial score (nSPS) is 13.9. The van der Waals surface area contributed by atoms with Crippen LogP contribution in [0.2, 0.25) is 0 Å². The molecule has 0 aromatic carbocycles. The Labute approximate surface area is 575 Å². The van der Waals surface area contributed by atoms with E-state index in [2.05, 4.69) is 27.7 Å². The number of phosphoric acid groups is 2. The SMILES string of the molecule is CCCCCCCCCCCCCCCCCC(=O)O[C@H](COC(=O)CCCCCCCCCCCCCCCC)COP(=O)(O)OC[C@@H](O)COP(=O)(O)OC[C@@H](COC(=O)CCCCCCCCCCCCC)OC(=O)CCCCCCCCCCCCCCCC. The highest BCUT2D eigenvalue weighted by molar-refractivity contribution is 7.47. The van der Waals surface area contributed by atoms with E-state index < -0.39 is 97.5 Å². The van der Waals surface area contributed by atoms with Crippen LogP contribution in [-0.4, -0.2) is 96.7 Å². The molecule has 0 aliphatic carbocycles. The van der Waals surface area contributed by atoms with Crippen molar-refractivity contribution in [2.24, 2.45) is 0 Å². The first-order chi connectivity index (χ1) is 45.7. The molecule has 5 atom stereocenters. The van der Waals surface area contributed by atoms with E-state index in [1.807, 2.05) is 0 Å². The maximum Gasteiger partial charge on any atom is 0.472 e. The molecule has 19 heteroatoms. The summed E-state index contributed by atoms with van der Waals surface area (Å²) < 4.78 is 68.5. The lowest BCUT2D eigenvalue weighted by Crippen LogP contribution is -2.30. The van der Waals surface area contributed by atoms with Crippen molar-refractivity contribution in [1.82, 2.24) is 0 Å². The fraction of sp³-hybridized carbons (Fsp3) is 0.947. The predicted molar refractivity (Wildman–Crippen MR) is 382 cm³/mol. The molecule has 0 rings (SSSR count). The Bertz CT molecular complexity index is 1790. The van der Waals surface area contributed by atoms with Gasteiger partial charge >= 0.3 is 39.5 Å². The minimum absolute atomic E-state index is 0.109. The Balaban J connectivity index is 5.25. The average molecular weight is 1380 g/mol. The van der Waals surface area contributed by atoms with Gasteiger partial charge in [-0.1, -0.05) is 349 Å². The van der Waals surface area contributed by atoms with E-state index in [4.69, 9.17) is 37.0 Å². The van der Waals surface area contributed by atoms with Gasteiger partial charge < -0.3 is 33.8 Å². The molecular weight excluding hydrogens is 1230 g/mol. The molecule has 0 aliphatic rings. The van der Waals surface area contributed by atoms with Gasteiger partial charge in [0.05, 0.1) is 26.4 Å². The van der Waals surface area contributed by atoms with Crippen molar-refractivity contribution in [3.05, 3.63) is 0 Å². The van der Waals surface area contributed by atoms with E-state index in [0.29, 0.717) is 25.7 Å².